The number of hydrogen-bond acceptors (Lipinski definition) is 6. The van der Waals surface area contributed by atoms with Crippen LogP contribution >= 0.6 is 15.9 Å². The third-order valence-corrected chi connectivity index (χ3v) is 5.14. The third kappa shape index (κ3) is 5.96. The normalized spacial score (nSPS) is 10.8. The summed E-state index contributed by atoms with van der Waals surface area (Å²) in [7, 11) is 1.42. The van der Waals surface area contributed by atoms with Crippen molar-refractivity contribution in [1.29, 1.82) is 5.26 Å². The van der Waals surface area contributed by atoms with Crippen LogP contribution < -0.4 is 14.8 Å². The lowest BCUT2D eigenvalue weighted by molar-refractivity contribution is -0.384. The fourth-order valence-corrected chi connectivity index (χ4v) is 3.52. The van der Waals surface area contributed by atoms with Crippen LogP contribution in [0.25, 0.3) is 6.08 Å². The van der Waals surface area contributed by atoms with Crippen LogP contribution in [0.5, 0.6) is 11.5 Å². The van der Waals surface area contributed by atoms with Gasteiger partial charge in [-0.25, -0.2) is 4.39 Å². The summed E-state index contributed by atoms with van der Waals surface area (Å²) in [5.74, 6) is -0.755. The van der Waals surface area contributed by atoms with E-state index in [0.717, 1.165) is 0 Å². The number of hydrogen-bond donors (Lipinski definition) is 1. The number of rotatable bonds is 8. The molecule has 8 nitrogen and oxygen atoms in total. The summed E-state index contributed by atoms with van der Waals surface area (Å²) < 4.78 is 25.5. The van der Waals surface area contributed by atoms with Crippen LogP contribution in [0.2, 0.25) is 0 Å². The van der Waals surface area contributed by atoms with Crippen molar-refractivity contribution in [2.24, 2.45) is 0 Å². The molecular weight excluding hydrogens is 509 g/mol. The van der Waals surface area contributed by atoms with Gasteiger partial charge in [0, 0.05) is 12.1 Å². The molecule has 0 radical (unpaired) electrons. The molecule has 0 aliphatic rings. The molecule has 1 N–H and O–H groups in total. The molecule has 3 rings (SSSR count). The molecule has 0 bridgehead atoms. The van der Waals surface area contributed by atoms with Crippen LogP contribution in [0.3, 0.4) is 0 Å². The van der Waals surface area contributed by atoms with Gasteiger partial charge in [-0.05, 0) is 57.4 Å². The number of nitro groups is 1. The second-order valence-corrected chi connectivity index (χ2v) is 7.71. The number of carbonyl (C=O) groups is 1. The molecule has 0 aromatic heterocycles. The van der Waals surface area contributed by atoms with E-state index in [1.54, 1.807) is 36.4 Å². The van der Waals surface area contributed by atoms with Crippen molar-refractivity contribution < 1.29 is 23.6 Å². The number of anilines is 1. The molecule has 0 aliphatic heterocycles. The quantitative estimate of drug-likeness (QED) is 0.176. The van der Waals surface area contributed by atoms with Gasteiger partial charge >= 0.3 is 0 Å². The SMILES string of the molecule is COc1cc(/C=C(/C#N)C(=O)Nc2ccccc2F)cc(Br)c1OCc1cccc([N+](=O)[O-])c1. The van der Waals surface area contributed by atoms with Crippen molar-refractivity contribution in [1.82, 2.24) is 0 Å². The molecule has 0 atom stereocenters. The maximum atomic E-state index is 13.8. The zero-order chi connectivity index (χ0) is 24.7. The van der Waals surface area contributed by atoms with Crippen LogP contribution in [0.1, 0.15) is 11.1 Å². The van der Waals surface area contributed by atoms with E-state index in [-0.39, 0.29) is 23.6 Å². The van der Waals surface area contributed by atoms with Gasteiger partial charge in [-0.1, -0.05) is 24.3 Å². The highest BCUT2D eigenvalue weighted by molar-refractivity contribution is 9.10. The number of nitrogens with zero attached hydrogens (tertiary/aromatic N) is 2. The van der Waals surface area contributed by atoms with E-state index < -0.39 is 16.6 Å². The van der Waals surface area contributed by atoms with Gasteiger partial charge in [0.1, 0.15) is 24.1 Å². The van der Waals surface area contributed by atoms with Crippen molar-refractivity contribution >= 4 is 39.3 Å². The van der Waals surface area contributed by atoms with Gasteiger partial charge in [-0.2, -0.15) is 5.26 Å². The van der Waals surface area contributed by atoms with E-state index in [0.29, 0.717) is 27.1 Å². The minimum absolute atomic E-state index is 0.0420. The van der Waals surface area contributed by atoms with Crippen LogP contribution in [-0.2, 0) is 11.4 Å². The number of ether oxygens (including phenoxy) is 2. The summed E-state index contributed by atoms with van der Waals surface area (Å²) >= 11 is 3.39. The standard InChI is InChI=1S/C24H17BrFN3O5/c1-33-22-12-16(9-17(13-27)24(30)28-21-8-3-2-7-20(21)26)11-19(25)23(22)34-14-15-5-4-6-18(10-15)29(31)32/h2-12H,14H2,1H3,(H,28,30)/b17-9-. The first-order chi connectivity index (χ1) is 16.3. The first kappa shape index (κ1) is 24.4. The highest BCUT2D eigenvalue weighted by Gasteiger charge is 2.16. The number of nitrogens with one attached hydrogen (secondary N) is 1. The fraction of sp³-hybridized carbons (Fsp3) is 0.0833. The Balaban J connectivity index is 1.83. The van der Waals surface area contributed by atoms with Gasteiger partial charge in [-0.15, -0.1) is 0 Å². The second-order valence-electron chi connectivity index (χ2n) is 6.85. The number of halogens is 2. The van der Waals surface area contributed by atoms with Gasteiger partial charge in [0.15, 0.2) is 11.5 Å². The molecule has 0 saturated heterocycles. The van der Waals surface area contributed by atoms with E-state index in [4.69, 9.17) is 9.47 Å². The monoisotopic (exact) mass is 525 g/mol. The zero-order valence-electron chi connectivity index (χ0n) is 17.7. The molecule has 3 aromatic carbocycles. The molecule has 3 aromatic rings. The number of amides is 1. The van der Waals surface area contributed by atoms with Gasteiger partial charge in [-0.3, -0.25) is 14.9 Å². The van der Waals surface area contributed by atoms with E-state index in [1.165, 1.54) is 43.5 Å². The number of benzene rings is 3. The van der Waals surface area contributed by atoms with Gasteiger partial charge in [0.25, 0.3) is 11.6 Å². The molecule has 172 valence electrons. The van der Waals surface area contributed by atoms with Gasteiger partial charge < -0.3 is 14.8 Å². The van der Waals surface area contributed by atoms with Crippen LogP contribution in [0.15, 0.2) is 70.7 Å². The Morgan fingerprint density at radius 2 is 2.00 bits per heavy atom. The van der Waals surface area contributed by atoms with Gasteiger partial charge in [0.2, 0.25) is 0 Å². The number of nitriles is 1. The Bertz CT molecular complexity index is 1320. The predicted molar refractivity (Wildman–Crippen MR) is 127 cm³/mol. The Hall–Kier alpha value is -4.23. The minimum Gasteiger partial charge on any atom is -0.493 e. The van der Waals surface area contributed by atoms with E-state index in [2.05, 4.69) is 21.2 Å². The summed E-state index contributed by atoms with van der Waals surface area (Å²) in [4.78, 5) is 22.9. The minimum atomic E-state index is -0.770. The third-order valence-electron chi connectivity index (χ3n) is 4.55. The van der Waals surface area contributed by atoms with E-state index >= 15 is 0 Å². The topological polar surface area (TPSA) is 114 Å². The zero-order valence-corrected chi connectivity index (χ0v) is 19.3. The maximum absolute atomic E-state index is 13.8. The first-order valence-corrected chi connectivity index (χ1v) is 10.5. The fourth-order valence-electron chi connectivity index (χ4n) is 2.95. The molecule has 0 saturated carbocycles. The summed E-state index contributed by atoms with van der Waals surface area (Å²) in [6, 6.07) is 16.6. The Morgan fingerprint density at radius 1 is 1.24 bits per heavy atom. The predicted octanol–water partition coefficient (Wildman–Crippen LogP) is 5.63. The largest absolute Gasteiger partial charge is 0.493 e. The lowest BCUT2D eigenvalue weighted by Gasteiger charge is -2.14. The van der Waals surface area contributed by atoms with E-state index in [1.807, 2.05) is 0 Å². The number of carbonyl (C=O) groups excluding carboxylic acids is 1. The lowest BCUT2D eigenvalue weighted by atomic mass is 10.1. The number of nitro benzene ring substituents is 1. The van der Waals surface area contributed by atoms with Crippen molar-refractivity contribution in [2.45, 2.75) is 6.61 Å². The van der Waals surface area contributed by atoms with Crippen molar-refractivity contribution in [2.75, 3.05) is 12.4 Å². The summed E-state index contributed by atoms with van der Waals surface area (Å²) in [6.07, 6.45) is 1.33. The Morgan fingerprint density at radius 3 is 2.68 bits per heavy atom. The average molecular weight is 526 g/mol. The Labute approximate surface area is 202 Å². The molecule has 0 unspecified atom stereocenters. The highest BCUT2D eigenvalue weighted by atomic mass is 79.9. The molecule has 34 heavy (non-hydrogen) atoms. The summed E-state index contributed by atoms with van der Waals surface area (Å²) in [6.45, 7) is 0.0420. The van der Waals surface area contributed by atoms with Crippen LogP contribution in [0, 0.1) is 27.3 Å². The van der Waals surface area contributed by atoms with Crippen molar-refractivity contribution in [3.05, 3.63) is 97.8 Å². The highest BCUT2D eigenvalue weighted by Crippen LogP contribution is 2.38. The van der Waals surface area contributed by atoms with E-state index in [9.17, 15) is 24.6 Å². The number of para-hydroxylation sites is 1. The van der Waals surface area contributed by atoms with Crippen molar-refractivity contribution in [3.8, 4) is 17.6 Å². The molecule has 0 spiro atoms. The smallest absolute Gasteiger partial charge is 0.269 e. The number of methoxy groups -OCH3 is 1. The summed E-state index contributed by atoms with van der Waals surface area (Å²) in [5.41, 5.74) is 0.695. The molecule has 0 fully saturated rings. The second kappa shape index (κ2) is 11.1. The first-order valence-electron chi connectivity index (χ1n) is 9.73. The number of non-ortho nitro benzene ring substituents is 1. The molecule has 10 heteroatoms. The van der Waals surface area contributed by atoms with Gasteiger partial charge in [0.05, 0.1) is 22.2 Å². The lowest BCUT2D eigenvalue weighted by Crippen LogP contribution is -2.14. The van der Waals surface area contributed by atoms with Crippen LogP contribution in [-0.4, -0.2) is 17.9 Å². The van der Waals surface area contributed by atoms with Crippen molar-refractivity contribution in [3.63, 3.8) is 0 Å². The molecular formula is C24H17BrFN3O5. The molecule has 0 aliphatic carbocycles. The molecule has 0 heterocycles. The average Bonchev–Trinajstić information content (AvgIpc) is 2.83. The van der Waals surface area contributed by atoms with Crippen LogP contribution in [0.4, 0.5) is 15.8 Å². The molecule has 1 amide bonds. The maximum Gasteiger partial charge on any atom is 0.269 e. The Kier molecular flexibility index (Phi) is 7.95. The summed E-state index contributed by atoms with van der Waals surface area (Å²) in [5, 5.41) is 22.8.